The molecule has 0 aliphatic heterocycles. The number of hydrogen-bond donors (Lipinski definition) is 2. The van der Waals surface area contributed by atoms with Crippen LogP contribution in [0.1, 0.15) is 44.1 Å². The van der Waals surface area contributed by atoms with Crippen molar-refractivity contribution in [3.8, 4) is 23.0 Å². The van der Waals surface area contributed by atoms with Gasteiger partial charge in [-0.2, -0.15) is 0 Å². The van der Waals surface area contributed by atoms with Crippen molar-refractivity contribution in [2.75, 3.05) is 11.5 Å². The maximum atomic E-state index is 6.58. The molecule has 0 radical (unpaired) electrons. The van der Waals surface area contributed by atoms with Gasteiger partial charge in [-0.05, 0) is 92.0 Å². The fourth-order valence-electron chi connectivity index (χ4n) is 6.93. The third-order valence-electron chi connectivity index (χ3n) is 7.86. The maximum absolute atomic E-state index is 6.58. The third kappa shape index (κ3) is 3.29. The van der Waals surface area contributed by atoms with E-state index in [1.54, 1.807) is 0 Å². The van der Waals surface area contributed by atoms with Gasteiger partial charge in [-0.1, -0.05) is 36.4 Å². The van der Waals surface area contributed by atoms with Crippen molar-refractivity contribution in [3.63, 3.8) is 0 Å². The fraction of sp³-hybridized carbons (Fsp3) is 0.357. The maximum Gasteiger partial charge on any atom is 0.173 e. The molecule has 4 bridgehead atoms. The van der Waals surface area contributed by atoms with Crippen molar-refractivity contribution in [3.05, 3.63) is 72.3 Å². The van der Waals surface area contributed by atoms with E-state index in [2.05, 4.69) is 12.1 Å². The highest BCUT2D eigenvalue weighted by Gasteiger charge is 2.52. The molecule has 164 valence electrons. The lowest BCUT2D eigenvalue weighted by molar-refractivity contribution is -0.00608. The molecule has 4 heteroatoms. The molecule has 7 rings (SSSR count). The molecule has 4 N–H and O–H groups in total. The number of nitrogen functional groups attached to an aromatic ring is 2. The molecule has 4 saturated carbocycles. The lowest BCUT2D eigenvalue weighted by Gasteiger charge is -2.57. The number of rotatable bonds is 5. The van der Waals surface area contributed by atoms with Gasteiger partial charge in [0.25, 0.3) is 0 Å². The SMILES string of the molecule is Nc1ccccc1Oc1cccc(C23CC4CC(CC(C4)C2)C3)c1Oc1ccccc1N. The highest BCUT2D eigenvalue weighted by atomic mass is 16.5. The van der Waals surface area contributed by atoms with Gasteiger partial charge in [0, 0.05) is 5.56 Å². The third-order valence-corrected chi connectivity index (χ3v) is 7.86. The number of para-hydroxylation sites is 5. The molecular formula is C28H30N2O2. The zero-order valence-electron chi connectivity index (χ0n) is 18.3. The van der Waals surface area contributed by atoms with Crippen LogP contribution in [-0.2, 0) is 5.41 Å². The van der Waals surface area contributed by atoms with Gasteiger partial charge < -0.3 is 20.9 Å². The summed E-state index contributed by atoms with van der Waals surface area (Å²) in [7, 11) is 0. The first-order valence-electron chi connectivity index (χ1n) is 11.8. The summed E-state index contributed by atoms with van der Waals surface area (Å²) in [4.78, 5) is 0. The Bertz CT molecular complexity index is 1120. The Hall–Kier alpha value is -3.14. The second-order valence-electron chi connectivity index (χ2n) is 10.1. The first-order valence-corrected chi connectivity index (χ1v) is 11.8. The Morgan fingerprint density at radius 2 is 1.09 bits per heavy atom. The van der Waals surface area contributed by atoms with Gasteiger partial charge in [-0.3, -0.25) is 0 Å². The molecule has 4 fully saturated rings. The Morgan fingerprint density at radius 1 is 0.594 bits per heavy atom. The molecule has 4 aliphatic rings. The van der Waals surface area contributed by atoms with E-state index in [0.717, 1.165) is 23.5 Å². The van der Waals surface area contributed by atoms with E-state index in [9.17, 15) is 0 Å². The van der Waals surface area contributed by atoms with Gasteiger partial charge >= 0.3 is 0 Å². The fourth-order valence-corrected chi connectivity index (χ4v) is 6.93. The Morgan fingerprint density at radius 3 is 1.66 bits per heavy atom. The lowest BCUT2D eigenvalue weighted by Crippen LogP contribution is -2.48. The van der Waals surface area contributed by atoms with Gasteiger partial charge in [0.2, 0.25) is 0 Å². The molecule has 32 heavy (non-hydrogen) atoms. The normalized spacial score (nSPS) is 27.9. The summed E-state index contributed by atoms with van der Waals surface area (Å²) in [6, 6.07) is 21.6. The predicted octanol–water partition coefficient (Wildman–Crippen LogP) is 6.90. The molecule has 0 amide bonds. The summed E-state index contributed by atoms with van der Waals surface area (Å²) in [5.74, 6) is 5.30. The Labute approximate surface area is 189 Å². The van der Waals surface area contributed by atoms with Gasteiger partial charge in [0.15, 0.2) is 23.0 Å². The largest absolute Gasteiger partial charge is 0.451 e. The van der Waals surface area contributed by atoms with Crippen LogP contribution in [0.15, 0.2) is 66.7 Å². The highest BCUT2D eigenvalue weighted by molar-refractivity contribution is 5.60. The van der Waals surface area contributed by atoms with E-state index in [0.29, 0.717) is 28.6 Å². The highest BCUT2D eigenvalue weighted by Crippen LogP contribution is 2.63. The molecule has 0 atom stereocenters. The Kier molecular flexibility index (Phi) is 4.56. The summed E-state index contributed by atoms with van der Waals surface area (Å²) in [5.41, 5.74) is 15.1. The lowest BCUT2D eigenvalue weighted by atomic mass is 9.48. The summed E-state index contributed by atoms with van der Waals surface area (Å²) in [6.07, 6.45) is 7.94. The van der Waals surface area contributed by atoms with E-state index in [-0.39, 0.29) is 5.41 Å². The van der Waals surface area contributed by atoms with Crippen molar-refractivity contribution in [1.29, 1.82) is 0 Å². The van der Waals surface area contributed by atoms with Crippen LogP contribution >= 0.6 is 0 Å². The van der Waals surface area contributed by atoms with Crippen molar-refractivity contribution in [2.45, 2.75) is 43.9 Å². The molecule has 0 saturated heterocycles. The Balaban J connectivity index is 1.47. The van der Waals surface area contributed by atoms with Crippen LogP contribution < -0.4 is 20.9 Å². The quantitative estimate of drug-likeness (QED) is 0.435. The molecule has 3 aromatic rings. The monoisotopic (exact) mass is 426 g/mol. The average molecular weight is 427 g/mol. The minimum atomic E-state index is 0.162. The van der Waals surface area contributed by atoms with Gasteiger partial charge in [0.1, 0.15) is 0 Å². The zero-order valence-corrected chi connectivity index (χ0v) is 18.3. The number of nitrogens with two attached hydrogens (primary N) is 2. The van der Waals surface area contributed by atoms with E-state index >= 15 is 0 Å². The van der Waals surface area contributed by atoms with Crippen LogP contribution in [0.2, 0.25) is 0 Å². The van der Waals surface area contributed by atoms with Gasteiger partial charge in [0.05, 0.1) is 11.4 Å². The summed E-state index contributed by atoms with van der Waals surface area (Å²) < 4.78 is 12.9. The van der Waals surface area contributed by atoms with Crippen molar-refractivity contribution < 1.29 is 9.47 Å². The second-order valence-corrected chi connectivity index (χ2v) is 10.1. The van der Waals surface area contributed by atoms with Crippen molar-refractivity contribution >= 4 is 11.4 Å². The van der Waals surface area contributed by atoms with E-state index in [1.165, 1.54) is 44.1 Å². The predicted molar refractivity (Wildman–Crippen MR) is 128 cm³/mol. The van der Waals surface area contributed by atoms with Crippen LogP contribution in [0, 0.1) is 17.8 Å². The number of anilines is 2. The summed E-state index contributed by atoms with van der Waals surface area (Å²) >= 11 is 0. The minimum Gasteiger partial charge on any atom is -0.451 e. The van der Waals surface area contributed by atoms with Crippen LogP contribution in [0.5, 0.6) is 23.0 Å². The minimum absolute atomic E-state index is 0.162. The summed E-state index contributed by atoms with van der Waals surface area (Å²) in [6.45, 7) is 0. The molecule has 0 unspecified atom stereocenters. The average Bonchev–Trinajstić information content (AvgIpc) is 2.77. The van der Waals surface area contributed by atoms with Crippen LogP contribution in [0.3, 0.4) is 0 Å². The molecule has 0 heterocycles. The van der Waals surface area contributed by atoms with Crippen LogP contribution in [0.4, 0.5) is 11.4 Å². The van der Waals surface area contributed by atoms with Crippen molar-refractivity contribution in [2.24, 2.45) is 17.8 Å². The zero-order chi connectivity index (χ0) is 21.7. The molecule has 4 nitrogen and oxygen atoms in total. The number of ether oxygens (including phenoxy) is 2. The number of benzene rings is 3. The van der Waals surface area contributed by atoms with Gasteiger partial charge in [-0.15, -0.1) is 0 Å². The molecule has 4 aliphatic carbocycles. The molecule has 0 spiro atoms. The van der Waals surface area contributed by atoms with Gasteiger partial charge in [-0.25, -0.2) is 0 Å². The summed E-state index contributed by atoms with van der Waals surface area (Å²) in [5, 5.41) is 0. The molecule has 3 aromatic carbocycles. The first kappa shape index (κ1) is 19.5. The topological polar surface area (TPSA) is 70.5 Å². The van der Waals surface area contributed by atoms with E-state index in [4.69, 9.17) is 20.9 Å². The van der Waals surface area contributed by atoms with Crippen LogP contribution in [0.25, 0.3) is 0 Å². The smallest absolute Gasteiger partial charge is 0.173 e. The molecular weight excluding hydrogens is 396 g/mol. The van der Waals surface area contributed by atoms with Crippen LogP contribution in [-0.4, -0.2) is 0 Å². The van der Waals surface area contributed by atoms with E-state index in [1.807, 2.05) is 54.6 Å². The van der Waals surface area contributed by atoms with Crippen molar-refractivity contribution in [1.82, 2.24) is 0 Å². The first-order chi connectivity index (χ1) is 15.6. The molecule has 0 aromatic heterocycles. The standard InChI is InChI=1S/C28H30N2O2/c29-22-7-1-3-9-24(22)31-26-11-5-6-21(27(26)32-25-10-4-2-8-23(25)30)28-15-18-12-19(16-28)14-20(13-18)17-28/h1-11,18-20H,12-17,29-30H2. The van der Waals surface area contributed by atoms with E-state index < -0.39 is 0 Å². The number of hydrogen-bond acceptors (Lipinski definition) is 4. The second kappa shape index (κ2) is 7.47.